The molecular weight excluding hydrogens is 303 g/mol. The average molecular weight is 313 g/mol. The lowest BCUT2D eigenvalue weighted by Crippen LogP contribution is -1.99. The summed E-state index contributed by atoms with van der Waals surface area (Å²) in [6, 6.07) is 5.58. The molecule has 0 heterocycles. The number of fused-ring (bicyclic) bond motifs is 1. The monoisotopic (exact) mass is 312 g/mol. The summed E-state index contributed by atoms with van der Waals surface area (Å²) in [6.45, 7) is 1.36. The maximum atomic E-state index is 13.1. The molecule has 0 aliphatic carbocycles. The SMILES string of the molecule is CC(=O)OCc1cc(O)c2cc(F)ccc2c1Br. The Kier molecular flexibility index (Phi) is 3.52. The van der Waals surface area contributed by atoms with E-state index in [9.17, 15) is 14.3 Å². The molecule has 2 aromatic rings. The van der Waals surface area contributed by atoms with Crippen molar-refractivity contribution < 1.29 is 19.0 Å². The molecule has 0 saturated carbocycles. The Labute approximate surface area is 111 Å². The Morgan fingerprint density at radius 3 is 2.78 bits per heavy atom. The molecule has 0 amide bonds. The third-order valence-corrected chi connectivity index (χ3v) is 3.45. The van der Waals surface area contributed by atoms with Crippen molar-refractivity contribution in [1.29, 1.82) is 0 Å². The van der Waals surface area contributed by atoms with Gasteiger partial charge in [0.1, 0.15) is 18.2 Å². The average Bonchev–Trinajstić information content (AvgIpc) is 2.31. The summed E-state index contributed by atoms with van der Waals surface area (Å²) in [4.78, 5) is 10.8. The summed E-state index contributed by atoms with van der Waals surface area (Å²) in [7, 11) is 0. The van der Waals surface area contributed by atoms with E-state index in [0.29, 0.717) is 20.8 Å². The molecule has 0 aliphatic heterocycles. The molecule has 3 nitrogen and oxygen atoms in total. The molecular formula is C13H10BrFO3. The van der Waals surface area contributed by atoms with E-state index in [4.69, 9.17) is 4.74 Å². The van der Waals surface area contributed by atoms with Gasteiger partial charge in [0.15, 0.2) is 0 Å². The summed E-state index contributed by atoms with van der Waals surface area (Å²) in [6.07, 6.45) is 0. The second kappa shape index (κ2) is 4.94. The highest BCUT2D eigenvalue weighted by molar-refractivity contribution is 9.10. The first kappa shape index (κ1) is 12.8. The van der Waals surface area contributed by atoms with Crippen molar-refractivity contribution in [2.45, 2.75) is 13.5 Å². The van der Waals surface area contributed by atoms with E-state index in [1.807, 2.05) is 0 Å². The van der Waals surface area contributed by atoms with E-state index in [1.54, 1.807) is 6.07 Å². The molecule has 0 aromatic heterocycles. The molecule has 0 radical (unpaired) electrons. The van der Waals surface area contributed by atoms with E-state index >= 15 is 0 Å². The maximum Gasteiger partial charge on any atom is 0.302 e. The number of carbonyl (C=O) groups excluding carboxylic acids is 1. The van der Waals surface area contributed by atoms with Gasteiger partial charge in [0.25, 0.3) is 0 Å². The fourth-order valence-corrected chi connectivity index (χ4v) is 2.26. The van der Waals surface area contributed by atoms with E-state index in [1.165, 1.54) is 25.1 Å². The molecule has 18 heavy (non-hydrogen) atoms. The summed E-state index contributed by atoms with van der Waals surface area (Å²) < 4.78 is 18.7. The fourth-order valence-electron chi connectivity index (χ4n) is 1.68. The van der Waals surface area contributed by atoms with Gasteiger partial charge in [-0.25, -0.2) is 4.39 Å². The predicted octanol–water partition coefficient (Wildman–Crippen LogP) is 3.51. The van der Waals surface area contributed by atoms with Crippen LogP contribution in [-0.4, -0.2) is 11.1 Å². The lowest BCUT2D eigenvalue weighted by atomic mass is 10.1. The molecule has 5 heteroatoms. The normalized spacial score (nSPS) is 10.6. The zero-order chi connectivity index (χ0) is 13.3. The van der Waals surface area contributed by atoms with Crippen molar-refractivity contribution in [2.75, 3.05) is 0 Å². The lowest BCUT2D eigenvalue weighted by Gasteiger charge is -2.10. The predicted molar refractivity (Wildman–Crippen MR) is 68.7 cm³/mol. The number of rotatable bonds is 2. The molecule has 0 bridgehead atoms. The lowest BCUT2D eigenvalue weighted by molar-refractivity contribution is -0.142. The van der Waals surface area contributed by atoms with Crippen molar-refractivity contribution in [3.63, 3.8) is 0 Å². The minimum Gasteiger partial charge on any atom is -0.507 e. The van der Waals surface area contributed by atoms with Crippen LogP contribution in [0.25, 0.3) is 10.8 Å². The van der Waals surface area contributed by atoms with Gasteiger partial charge < -0.3 is 9.84 Å². The first-order valence-corrected chi connectivity index (χ1v) is 6.01. The molecule has 0 aliphatic rings. The number of halogens is 2. The van der Waals surface area contributed by atoms with Crippen LogP contribution in [0.4, 0.5) is 4.39 Å². The van der Waals surface area contributed by atoms with E-state index in [0.717, 1.165) is 0 Å². The van der Waals surface area contributed by atoms with Crippen molar-refractivity contribution in [3.05, 3.63) is 40.1 Å². The topological polar surface area (TPSA) is 46.5 Å². The first-order valence-electron chi connectivity index (χ1n) is 5.22. The molecule has 0 fully saturated rings. The van der Waals surface area contributed by atoms with Crippen LogP contribution in [-0.2, 0) is 16.1 Å². The van der Waals surface area contributed by atoms with Gasteiger partial charge in [-0.05, 0) is 34.1 Å². The van der Waals surface area contributed by atoms with Gasteiger partial charge in [0.2, 0.25) is 0 Å². The van der Waals surface area contributed by atoms with Crippen molar-refractivity contribution in [1.82, 2.24) is 0 Å². The van der Waals surface area contributed by atoms with Gasteiger partial charge >= 0.3 is 5.97 Å². The van der Waals surface area contributed by atoms with Crippen molar-refractivity contribution in [3.8, 4) is 5.75 Å². The largest absolute Gasteiger partial charge is 0.507 e. The van der Waals surface area contributed by atoms with Gasteiger partial charge in [-0.1, -0.05) is 6.07 Å². The third-order valence-electron chi connectivity index (χ3n) is 2.52. The molecule has 0 unspecified atom stereocenters. The Balaban J connectivity index is 2.54. The number of aromatic hydroxyl groups is 1. The Hall–Kier alpha value is -1.62. The minimum absolute atomic E-state index is 0.0464. The number of hydrogen-bond acceptors (Lipinski definition) is 3. The number of benzene rings is 2. The smallest absolute Gasteiger partial charge is 0.302 e. The third kappa shape index (κ3) is 2.46. The quantitative estimate of drug-likeness (QED) is 0.863. The van der Waals surface area contributed by atoms with Gasteiger partial charge in [0, 0.05) is 27.7 Å². The fraction of sp³-hybridized carbons (Fsp3) is 0.154. The van der Waals surface area contributed by atoms with Crippen LogP contribution in [0.1, 0.15) is 12.5 Å². The van der Waals surface area contributed by atoms with Gasteiger partial charge in [-0.15, -0.1) is 0 Å². The van der Waals surface area contributed by atoms with Crippen LogP contribution >= 0.6 is 15.9 Å². The van der Waals surface area contributed by atoms with E-state index in [-0.39, 0.29) is 12.4 Å². The van der Waals surface area contributed by atoms with Crippen molar-refractivity contribution in [2.24, 2.45) is 0 Å². The van der Waals surface area contributed by atoms with Gasteiger partial charge in [-0.3, -0.25) is 4.79 Å². The molecule has 0 saturated heterocycles. The van der Waals surface area contributed by atoms with E-state index < -0.39 is 11.8 Å². The Morgan fingerprint density at radius 1 is 1.39 bits per heavy atom. The molecule has 2 rings (SSSR count). The second-order valence-corrected chi connectivity index (χ2v) is 4.63. The number of ether oxygens (including phenoxy) is 1. The Morgan fingerprint density at radius 2 is 2.11 bits per heavy atom. The summed E-state index contributed by atoms with van der Waals surface area (Å²) in [5, 5.41) is 10.9. The van der Waals surface area contributed by atoms with Crippen LogP contribution in [0.2, 0.25) is 0 Å². The minimum atomic E-state index is -0.419. The molecule has 0 atom stereocenters. The molecule has 1 N–H and O–H groups in total. The summed E-state index contributed by atoms with van der Waals surface area (Å²) in [5.74, 6) is -0.868. The zero-order valence-electron chi connectivity index (χ0n) is 9.54. The van der Waals surface area contributed by atoms with Crippen LogP contribution < -0.4 is 0 Å². The highest BCUT2D eigenvalue weighted by Gasteiger charge is 2.11. The number of esters is 1. The molecule has 0 spiro atoms. The first-order chi connectivity index (χ1) is 8.49. The highest BCUT2D eigenvalue weighted by atomic mass is 79.9. The number of phenolic OH excluding ortho intramolecular Hbond substituents is 1. The Bertz CT molecular complexity index is 625. The number of carbonyl (C=O) groups is 1. The highest BCUT2D eigenvalue weighted by Crippen LogP contribution is 2.35. The van der Waals surface area contributed by atoms with Gasteiger partial charge in [0.05, 0.1) is 0 Å². The summed E-state index contributed by atoms with van der Waals surface area (Å²) in [5.41, 5.74) is 0.627. The molecule has 2 aromatic carbocycles. The van der Waals surface area contributed by atoms with Crippen molar-refractivity contribution >= 4 is 32.7 Å². The second-order valence-electron chi connectivity index (χ2n) is 3.84. The van der Waals surface area contributed by atoms with E-state index in [2.05, 4.69) is 15.9 Å². The van der Waals surface area contributed by atoms with Gasteiger partial charge in [-0.2, -0.15) is 0 Å². The van der Waals surface area contributed by atoms with Crippen LogP contribution in [0.5, 0.6) is 5.75 Å². The van der Waals surface area contributed by atoms with Crippen LogP contribution in [0.15, 0.2) is 28.7 Å². The standard InChI is InChI=1S/C13H10BrFO3/c1-7(16)18-6-8-4-12(17)11-5-9(15)2-3-10(11)13(8)14/h2-5,17H,6H2,1H3. The van der Waals surface area contributed by atoms with Crippen LogP contribution in [0, 0.1) is 5.82 Å². The zero-order valence-corrected chi connectivity index (χ0v) is 11.1. The maximum absolute atomic E-state index is 13.1. The van der Waals surface area contributed by atoms with Crippen LogP contribution in [0.3, 0.4) is 0 Å². The number of phenols is 1. The molecule has 94 valence electrons. The number of hydrogen-bond donors (Lipinski definition) is 1. The summed E-state index contributed by atoms with van der Waals surface area (Å²) >= 11 is 3.37.